The van der Waals surface area contributed by atoms with Crippen LogP contribution < -0.4 is 5.73 Å². The van der Waals surface area contributed by atoms with Crippen LogP contribution in [0.25, 0.3) is 21.1 Å². The van der Waals surface area contributed by atoms with Gasteiger partial charge in [0.25, 0.3) is 0 Å². The fraction of sp³-hybridized carbons (Fsp3) is 0.250. The highest BCUT2D eigenvalue weighted by molar-refractivity contribution is 7.18. The molecule has 1 aliphatic carbocycles. The van der Waals surface area contributed by atoms with Gasteiger partial charge in [-0.15, -0.1) is 11.3 Å². The Morgan fingerprint density at radius 1 is 1.31 bits per heavy atom. The molecule has 0 radical (unpaired) electrons. The second kappa shape index (κ2) is 7.05. The fourth-order valence-electron chi connectivity index (χ4n) is 3.39. The van der Waals surface area contributed by atoms with Crippen LogP contribution in [0, 0.1) is 5.82 Å². The van der Waals surface area contributed by atoms with Gasteiger partial charge in [0.2, 0.25) is 0 Å². The number of aldehydes is 1. The van der Waals surface area contributed by atoms with Crippen LogP contribution in [0.15, 0.2) is 36.5 Å². The lowest BCUT2D eigenvalue weighted by Crippen LogP contribution is -2.12. The molecule has 0 saturated carbocycles. The standard InChI is InChI=1S/C20H18FN3OS/c21-15-7-12(9-22)6-14(8-15)19-10-23-20(26-19)18-5-4-16-13(11-25)2-1-3-17(16)24-18/h4-8,10-11,13H,1-3,9,22H2. The summed E-state index contributed by atoms with van der Waals surface area (Å²) in [6, 6.07) is 8.73. The number of rotatable bonds is 4. The topological polar surface area (TPSA) is 68.9 Å². The van der Waals surface area contributed by atoms with Gasteiger partial charge in [0.1, 0.15) is 17.1 Å². The number of fused-ring (bicyclic) bond motifs is 1. The summed E-state index contributed by atoms with van der Waals surface area (Å²) in [4.78, 5) is 21.3. The Balaban J connectivity index is 1.68. The molecule has 6 heteroatoms. The van der Waals surface area contributed by atoms with Crippen LogP contribution in [-0.2, 0) is 17.8 Å². The van der Waals surface area contributed by atoms with E-state index in [2.05, 4.69) is 4.98 Å². The lowest BCUT2D eigenvalue weighted by Gasteiger charge is -2.20. The number of carbonyl (C=O) groups excluding carboxylic acids is 1. The number of halogens is 1. The maximum Gasteiger partial charge on any atom is 0.142 e. The van der Waals surface area contributed by atoms with Crippen molar-refractivity contribution in [3.8, 4) is 21.1 Å². The van der Waals surface area contributed by atoms with Crippen molar-refractivity contribution in [2.75, 3.05) is 0 Å². The van der Waals surface area contributed by atoms with E-state index >= 15 is 0 Å². The SMILES string of the molecule is NCc1cc(F)cc(-c2cnc(-c3ccc4c(n3)CCCC4C=O)s2)c1. The lowest BCUT2D eigenvalue weighted by molar-refractivity contribution is -0.109. The molecule has 0 amide bonds. The van der Waals surface area contributed by atoms with E-state index in [9.17, 15) is 9.18 Å². The Labute approximate surface area is 154 Å². The van der Waals surface area contributed by atoms with Crippen LogP contribution in [-0.4, -0.2) is 16.3 Å². The molecule has 4 rings (SSSR count). The number of nitrogens with two attached hydrogens (primary N) is 1. The van der Waals surface area contributed by atoms with Crippen molar-refractivity contribution >= 4 is 17.6 Å². The number of aromatic nitrogens is 2. The normalized spacial score (nSPS) is 16.3. The Bertz CT molecular complexity index is 969. The molecular formula is C20H18FN3OS. The first kappa shape index (κ1) is 17.0. The van der Waals surface area contributed by atoms with Gasteiger partial charge in [-0.3, -0.25) is 0 Å². The molecule has 1 aromatic carbocycles. The van der Waals surface area contributed by atoms with Crippen molar-refractivity contribution in [2.24, 2.45) is 5.73 Å². The largest absolute Gasteiger partial charge is 0.326 e. The Kier molecular flexibility index (Phi) is 4.61. The predicted octanol–water partition coefficient (Wildman–Crippen LogP) is 4.09. The summed E-state index contributed by atoms with van der Waals surface area (Å²) in [5.41, 5.74) is 9.97. The summed E-state index contributed by atoms with van der Waals surface area (Å²) in [6.07, 6.45) is 5.50. The molecule has 26 heavy (non-hydrogen) atoms. The van der Waals surface area contributed by atoms with Gasteiger partial charge in [0.15, 0.2) is 0 Å². The van der Waals surface area contributed by atoms with Crippen LogP contribution in [0.2, 0.25) is 0 Å². The molecule has 0 spiro atoms. The van der Waals surface area contributed by atoms with Gasteiger partial charge in [-0.05, 0) is 60.2 Å². The minimum absolute atomic E-state index is 0.0471. The van der Waals surface area contributed by atoms with Gasteiger partial charge in [-0.2, -0.15) is 0 Å². The highest BCUT2D eigenvalue weighted by Gasteiger charge is 2.21. The van der Waals surface area contributed by atoms with E-state index in [4.69, 9.17) is 10.7 Å². The molecule has 3 aromatic rings. The average Bonchev–Trinajstić information content (AvgIpc) is 3.16. The van der Waals surface area contributed by atoms with Gasteiger partial charge >= 0.3 is 0 Å². The van der Waals surface area contributed by atoms with E-state index in [1.54, 1.807) is 6.20 Å². The van der Waals surface area contributed by atoms with Gasteiger partial charge < -0.3 is 10.5 Å². The number of benzene rings is 1. The molecule has 0 aliphatic heterocycles. The first-order chi connectivity index (χ1) is 12.7. The zero-order chi connectivity index (χ0) is 18.1. The predicted molar refractivity (Wildman–Crippen MR) is 100 cm³/mol. The minimum Gasteiger partial charge on any atom is -0.326 e. The number of pyridine rings is 1. The van der Waals surface area contributed by atoms with E-state index < -0.39 is 0 Å². The van der Waals surface area contributed by atoms with Gasteiger partial charge in [-0.1, -0.05) is 6.07 Å². The third-order valence-electron chi connectivity index (χ3n) is 4.70. The van der Waals surface area contributed by atoms with E-state index in [-0.39, 0.29) is 11.7 Å². The van der Waals surface area contributed by atoms with Crippen molar-refractivity contribution in [1.29, 1.82) is 0 Å². The van der Waals surface area contributed by atoms with Crippen LogP contribution in [0.3, 0.4) is 0 Å². The third kappa shape index (κ3) is 3.18. The average molecular weight is 367 g/mol. The van der Waals surface area contributed by atoms with Crippen molar-refractivity contribution in [3.05, 3.63) is 59.2 Å². The van der Waals surface area contributed by atoms with E-state index in [0.717, 1.165) is 63.5 Å². The number of nitrogens with zero attached hydrogens (tertiary/aromatic N) is 2. The first-order valence-electron chi connectivity index (χ1n) is 8.59. The highest BCUT2D eigenvalue weighted by Crippen LogP contribution is 2.35. The molecule has 0 bridgehead atoms. The Hall–Kier alpha value is -2.44. The number of carbonyl (C=O) groups is 1. The number of aryl methyl sites for hydroxylation is 1. The minimum atomic E-state index is -0.301. The van der Waals surface area contributed by atoms with Crippen LogP contribution in [0.4, 0.5) is 4.39 Å². The van der Waals surface area contributed by atoms with Crippen LogP contribution in [0.5, 0.6) is 0 Å². The molecule has 2 heterocycles. The molecule has 1 aliphatic rings. The quantitative estimate of drug-likeness (QED) is 0.705. The van der Waals surface area contributed by atoms with Crippen molar-refractivity contribution in [3.63, 3.8) is 0 Å². The zero-order valence-electron chi connectivity index (χ0n) is 14.1. The Morgan fingerprint density at radius 3 is 3.00 bits per heavy atom. The summed E-state index contributed by atoms with van der Waals surface area (Å²) >= 11 is 1.47. The van der Waals surface area contributed by atoms with Crippen LogP contribution in [0.1, 0.15) is 35.6 Å². The summed E-state index contributed by atoms with van der Waals surface area (Å²) < 4.78 is 13.8. The maximum atomic E-state index is 13.8. The smallest absolute Gasteiger partial charge is 0.142 e. The number of hydrogen-bond acceptors (Lipinski definition) is 5. The number of thiazole rings is 1. The van der Waals surface area contributed by atoms with Crippen molar-refractivity contribution in [1.82, 2.24) is 9.97 Å². The van der Waals surface area contributed by atoms with Gasteiger partial charge in [-0.25, -0.2) is 14.4 Å². The second-order valence-electron chi connectivity index (χ2n) is 6.45. The Morgan fingerprint density at radius 2 is 2.19 bits per heavy atom. The van der Waals surface area contributed by atoms with E-state index in [1.165, 1.54) is 23.5 Å². The van der Waals surface area contributed by atoms with E-state index in [0.29, 0.717) is 6.54 Å². The summed E-state index contributed by atoms with van der Waals surface area (Å²) in [6.45, 7) is 0.292. The molecule has 1 unspecified atom stereocenters. The molecule has 1 atom stereocenters. The molecule has 2 aromatic heterocycles. The molecule has 0 saturated heterocycles. The molecule has 4 nitrogen and oxygen atoms in total. The fourth-order valence-corrected chi connectivity index (χ4v) is 4.26. The zero-order valence-corrected chi connectivity index (χ0v) is 14.9. The molecule has 2 N–H and O–H groups in total. The monoisotopic (exact) mass is 367 g/mol. The maximum absolute atomic E-state index is 13.8. The third-order valence-corrected chi connectivity index (χ3v) is 5.77. The molecule has 0 fully saturated rings. The lowest BCUT2D eigenvalue weighted by atomic mass is 9.86. The molecule has 132 valence electrons. The summed E-state index contributed by atoms with van der Waals surface area (Å²) in [5, 5.41) is 0.787. The van der Waals surface area contributed by atoms with Gasteiger partial charge in [0.05, 0.1) is 10.6 Å². The van der Waals surface area contributed by atoms with Crippen LogP contribution >= 0.6 is 11.3 Å². The van der Waals surface area contributed by atoms with E-state index in [1.807, 2.05) is 18.2 Å². The highest BCUT2D eigenvalue weighted by atomic mass is 32.1. The van der Waals surface area contributed by atoms with Crippen molar-refractivity contribution in [2.45, 2.75) is 31.7 Å². The first-order valence-corrected chi connectivity index (χ1v) is 9.41. The number of hydrogen-bond donors (Lipinski definition) is 1. The molecular weight excluding hydrogens is 349 g/mol. The second-order valence-corrected chi connectivity index (χ2v) is 7.48. The summed E-state index contributed by atoms with van der Waals surface area (Å²) in [5.74, 6) is -0.348. The van der Waals surface area contributed by atoms with Crippen molar-refractivity contribution < 1.29 is 9.18 Å². The van der Waals surface area contributed by atoms with Gasteiger partial charge in [0, 0.05) is 24.4 Å². The summed E-state index contributed by atoms with van der Waals surface area (Å²) in [7, 11) is 0.